The topological polar surface area (TPSA) is 56.2 Å². The molecular weight excluding hydrogens is 302 g/mol. The van der Waals surface area contributed by atoms with Crippen LogP contribution in [0.3, 0.4) is 0 Å². The van der Waals surface area contributed by atoms with Crippen molar-refractivity contribution >= 4 is 16.8 Å². The van der Waals surface area contributed by atoms with Crippen molar-refractivity contribution in [2.75, 3.05) is 13.2 Å². The number of aromatic nitrogens is 2. The van der Waals surface area contributed by atoms with Crippen molar-refractivity contribution in [1.29, 1.82) is 0 Å². The van der Waals surface area contributed by atoms with Crippen molar-refractivity contribution in [3.63, 3.8) is 0 Å². The maximum atomic E-state index is 11.8. The second-order valence-corrected chi connectivity index (χ2v) is 5.68. The van der Waals surface area contributed by atoms with Crippen LogP contribution in [0.1, 0.15) is 12.0 Å². The first-order valence-corrected chi connectivity index (χ1v) is 8.10. The fraction of sp³-hybridized carbons (Fsp3) is 0.263. The Morgan fingerprint density at radius 3 is 2.83 bits per heavy atom. The Kier molecular flexibility index (Phi) is 5.11. The standard InChI is InChI=1S/C19H21N3O2/c1-15-7-5-10-18-17(15)13-21-22(18)12-6-11-20-19(23)14-24-16-8-3-2-4-9-16/h2-5,7-10,13H,6,11-12,14H2,1H3,(H,20,23). The molecule has 2 aromatic carbocycles. The van der Waals surface area contributed by atoms with Gasteiger partial charge in [0.1, 0.15) is 5.75 Å². The Balaban J connectivity index is 1.41. The second-order valence-electron chi connectivity index (χ2n) is 5.68. The summed E-state index contributed by atoms with van der Waals surface area (Å²) in [6, 6.07) is 15.5. The zero-order valence-corrected chi connectivity index (χ0v) is 13.7. The van der Waals surface area contributed by atoms with E-state index in [0.717, 1.165) is 18.5 Å². The molecule has 124 valence electrons. The predicted octanol–water partition coefficient (Wildman–Crippen LogP) is 2.93. The monoisotopic (exact) mass is 323 g/mol. The number of fused-ring (bicyclic) bond motifs is 1. The van der Waals surface area contributed by atoms with Gasteiger partial charge in [0.25, 0.3) is 5.91 Å². The minimum absolute atomic E-state index is 0.0356. The lowest BCUT2D eigenvalue weighted by molar-refractivity contribution is -0.123. The molecule has 0 bridgehead atoms. The first-order chi connectivity index (χ1) is 11.7. The smallest absolute Gasteiger partial charge is 0.257 e. The largest absolute Gasteiger partial charge is 0.484 e. The average molecular weight is 323 g/mol. The van der Waals surface area contributed by atoms with Gasteiger partial charge in [0.15, 0.2) is 6.61 Å². The van der Waals surface area contributed by atoms with Crippen molar-refractivity contribution < 1.29 is 9.53 Å². The van der Waals surface area contributed by atoms with Gasteiger partial charge in [0.05, 0.1) is 11.7 Å². The lowest BCUT2D eigenvalue weighted by Gasteiger charge is -2.08. The molecule has 0 saturated carbocycles. The summed E-state index contributed by atoms with van der Waals surface area (Å²) in [5.41, 5.74) is 2.36. The van der Waals surface area contributed by atoms with E-state index in [2.05, 4.69) is 29.5 Å². The van der Waals surface area contributed by atoms with Crippen LogP contribution in [-0.2, 0) is 11.3 Å². The number of nitrogens with one attached hydrogen (secondary N) is 1. The number of amides is 1. The molecule has 0 atom stereocenters. The SMILES string of the molecule is Cc1cccc2c1cnn2CCCNC(=O)COc1ccccc1. The Hall–Kier alpha value is -2.82. The van der Waals surface area contributed by atoms with Crippen LogP contribution in [0.2, 0.25) is 0 Å². The van der Waals surface area contributed by atoms with E-state index in [1.54, 1.807) is 0 Å². The molecular formula is C19H21N3O2. The van der Waals surface area contributed by atoms with E-state index in [4.69, 9.17) is 4.74 Å². The van der Waals surface area contributed by atoms with Crippen LogP contribution < -0.4 is 10.1 Å². The van der Waals surface area contributed by atoms with Crippen molar-refractivity contribution in [1.82, 2.24) is 15.1 Å². The van der Waals surface area contributed by atoms with E-state index >= 15 is 0 Å². The van der Waals surface area contributed by atoms with E-state index in [1.165, 1.54) is 10.9 Å². The van der Waals surface area contributed by atoms with Gasteiger partial charge in [0.2, 0.25) is 0 Å². The van der Waals surface area contributed by atoms with Crippen molar-refractivity contribution in [2.24, 2.45) is 0 Å². The molecule has 3 aromatic rings. The third kappa shape index (κ3) is 3.93. The first-order valence-electron chi connectivity index (χ1n) is 8.10. The highest BCUT2D eigenvalue weighted by Crippen LogP contribution is 2.17. The third-order valence-corrected chi connectivity index (χ3v) is 3.89. The molecule has 0 aliphatic heterocycles. The number of carbonyl (C=O) groups is 1. The summed E-state index contributed by atoms with van der Waals surface area (Å²) in [5, 5.41) is 8.48. The molecule has 5 nitrogen and oxygen atoms in total. The van der Waals surface area contributed by atoms with Crippen LogP contribution in [-0.4, -0.2) is 28.8 Å². The van der Waals surface area contributed by atoms with E-state index in [9.17, 15) is 4.79 Å². The van der Waals surface area contributed by atoms with Crippen molar-refractivity contribution in [2.45, 2.75) is 19.9 Å². The fourth-order valence-corrected chi connectivity index (χ4v) is 2.60. The van der Waals surface area contributed by atoms with E-state index in [1.807, 2.05) is 47.3 Å². The summed E-state index contributed by atoms with van der Waals surface area (Å²) in [5.74, 6) is 0.589. The number of benzene rings is 2. The van der Waals surface area contributed by atoms with Gasteiger partial charge in [-0.05, 0) is 37.1 Å². The Labute approximate surface area is 141 Å². The first kappa shape index (κ1) is 16.1. The molecule has 1 heterocycles. The van der Waals surface area contributed by atoms with Crippen LogP contribution in [0, 0.1) is 6.92 Å². The molecule has 0 radical (unpaired) electrons. The Morgan fingerprint density at radius 1 is 1.17 bits per heavy atom. The van der Waals surface area contributed by atoms with Crippen molar-refractivity contribution in [3.05, 3.63) is 60.3 Å². The molecule has 5 heteroatoms. The quantitative estimate of drug-likeness (QED) is 0.680. The lowest BCUT2D eigenvalue weighted by Crippen LogP contribution is -2.30. The highest BCUT2D eigenvalue weighted by molar-refractivity contribution is 5.82. The second kappa shape index (κ2) is 7.64. The summed E-state index contributed by atoms with van der Waals surface area (Å²) >= 11 is 0. The number of carbonyl (C=O) groups excluding carboxylic acids is 1. The van der Waals surface area contributed by atoms with Crippen LogP contribution in [0.4, 0.5) is 0 Å². The van der Waals surface area contributed by atoms with Crippen LogP contribution in [0.5, 0.6) is 5.75 Å². The van der Waals surface area contributed by atoms with Gasteiger partial charge < -0.3 is 10.1 Å². The molecule has 1 aromatic heterocycles. The molecule has 0 aliphatic rings. The average Bonchev–Trinajstić information content (AvgIpc) is 3.02. The van der Waals surface area contributed by atoms with E-state index < -0.39 is 0 Å². The number of nitrogens with zero attached hydrogens (tertiary/aromatic N) is 2. The number of rotatable bonds is 7. The molecule has 1 N–H and O–H groups in total. The number of ether oxygens (including phenoxy) is 1. The van der Waals surface area contributed by atoms with Crippen LogP contribution >= 0.6 is 0 Å². The van der Waals surface area contributed by atoms with Gasteiger partial charge in [-0.25, -0.2) is 0 Å². The summed E-state index contributed by atoms with van der Waals surface area (Å²) in [7, 11) is 0. The summed E-state index contributed by atoms with van der Waals surface area (Å²) in [6.45, 7) is 3.49. The molecule has 0 fully saturated rings. The number of hydrogen-bond donors (Lipinski definition) is 1. The normalized spacial score (nSPS) is 10.7. The Bertz CT molecular complexity index is 812. The highest BCUT2D eigenvalue weighted by atomic mass is 16.5. The van der Waals surface area contributed by atoms with Gasteiger partial charge in [-0.1, -0.05) is 30.3 Å². The summed E-state index contributed by atoms with van der Waals surface area (Å²) in [4.78, 5) is 11.8. The zero-order chi connectivity index (χ0) is 16.8. The number of para-hydroxylation sites is 1. The minimum atomic E-state index is -0.111. The maximum Gasteiger partial charge on any atom is 0.257 e. The highest BCUT2D eigenvalue weighted by Gasteiger charge is 2.05. The molecule has 0 saturated heterocycles. The number of hydrogen-bond acceptors (Lipinski definition) is 3. The van der Waals surface area contributed by atoms with E-state index in [-0.39, 0.29) is 12.5 Å². The van der Waals surface area contributed by atoms with E-state index in [0.29, 0.717) is 12.3 Å². The predicted molar refractivity (Wildman–Crippen MR) is 94.0 cm³/mol. The summed E-state index contributed by atoms with van der Waals surface area (Å²) in [6.07, 6.45) is 2.72. The third-order valence-electron chi connectivity index (χ3n) is 3.89. The van der Waals surface area contributed by atoms with Gasteiger partial charge in [0, 0.05) is 18.5 Å². The molecule has 1 amide bonds. The minimum Gasteiger partial charge on any atom is -0.484 e. The van der Waals surface area contributed by atoms with Gasteiger partial charge in [-0.3, -0.25) is 9.48 Å². The zero-order valence-electron chi connectivity index (χ0n) is 13.7. The van der Waals surface area contributed by atoms with Gasteiger partial charge in [-0.15, -0.1) is 0 Å². The Morgan fingerprint density at radius 2 is 2.00 bits per heavy atom. The molecule has 0 aliphatic carbocycles. The molecule has 24 heavy (non-hydrogen) atoms. The maximum absolute atomic E-state index is 11.8. The molecule has 0 unspecified atom stereocenters. The van der Waals surface area contributed by atoms with Gasteiger partial charge in [-0.2, -0.15) is 5.10 Å². The fourth-order valence-electron chi connectivity index (χ4n) is 2.60. The summed E-state index contributed by atoms with van der Waals surface area (Å²) < 4.78 is 7.39. The lowest BCUT2D eigenvalue weighted by atomic mass is 10.1. The molecule has 0 spiro atoms. The number of aryl methyl sites for hydroxylation is 2. The van der Waals surface area contributed by atoms with Gasteiger partial charge >= 0.3 is 0 Å². The van der Waals surface area contributed by atoms with Crippen LogP contribution in [0.15, 0.2) is 54.7 Å². The van der Waals surface area contributed by atoms with Crippen LogP contribution in [0.25, 0.3) is 10.9 Å². The molecule has 3 rings (SSSR count). The van der Waals surface area contributed by atoms with Crippen molar-refractivity contribution in [3.8, 4) is 5.75 Å².